The molecule has 0 spiro atoms. The average molecular weight is 388 g/mol. The van der Waals surface area contributed by atoms with Crippen LogP contribution >= 0.6 is 0 Å². The van der Waals surface area contributed by atoms with Crippen LogP contribution in [0, 0.1) is 0 Å². The summed E-state index contributed by atoms with van der Waals surface area (Å²) in [5.41, 5.74) is 2.07. The van der Waals surface area contributed by atoms with Crippen molar-refractivity contribution in [2.45, 2.75) is 6.92 Å². The molecule has 6 nitrogen and oxygen atoms in total. The first-order valence-corrected chi connectivity index (χ1v) is 9.02. The first-order valence-electron chi connectivity index (χ1n) is 9.02. The second-order valence-corrected chi connectivity index (χ2v) is 6.29. The molecule has 2 N–H and O–H groups in total. The van der Waals surface area contributed by atoms with Crippen molar-refractivity contribution in [3.8, 4) is 5.75 Å². The van der Waals surface area contributed by atoms with E-state index < -0.39 is 0 Å². The SMILES string of the molecule is CC(=O)Nc1ccc(C(=O)COc2ccccc2C(=O)Nc2ccccc2)cc1. The topological polar surface area (TPSA) is 84.5 Å². The lowest BCUT2D eigenvalue weighted by molar-refractivity contribution is -0.114. The fourth-order valence-corrected chi connectivity index (χ4v) is 2.67. The zero-order valence-corrected chi connectivity index (χ0v) is 15.8. The van der Waals surface area contributed by atoms with E-state index in [4.69, 9.17) is 4.74 Å². The van der Waals surface area contributed by atoms with Crippen molar-refractivity contribution in [1.82, 2.24) is 0 Å². The van der Waals surface area contributed by atoms with E-state index in [1.807, 2.05) is 18.2 Å². The van der Waals surface area contributed by atoms with Crippen LogP contribution in [-0.4, -0.2) is 24.2 Å². The summed E-state index contributed by atoms with van der Waals surface area (Å²) in [4.78, 5) is 36.0. The van der Waals surface area contributed by atoms with Gasteiger partial charge in [0.05, 0.1) is 5.56 Å². The molecule has 0 fully saturated rings. The molecule has 6 heteroatoms. The lowest BCUT2D eigenvalue weighted by atomic mass is 10.1. The van der Waals surface area contributed by atoms with E-state index in [0.717, 1.165) is 0 Å². The Hall–Kier alpha value is -3.93. The van der Waals surface area contributed by atoms with Crippen molar-refractivity contribution in [2.75, 3.05) is 17.2 Å². The highest BCUT2D eigenvalue weighted by molar-refractivity contribution is 6.06. The summed E-state index contributed by atoms with van der Waals surface area (Å²) in [6.45, 7) is 1.20. The zero-order valence-electron chi connectivity index (χ0n) is 15.8. The first-order chi connectivity index (χ1) is 14.0. The Morgan fingerprint density at radius 3 is 2.07 bits per heavy atom. The molecule has 0 saturated heterocycles. The number of Topliss-reactive ketones (excluding diaryl/α,β-unsaturated/α-hetero) is 1. The maximum Gasteiger partial charge on any atom is 0.259 e. The molecule has 146 valence electrons. The van der Waals surface area contributed by atoms with Crippen molar-refractivity contribution < 1.29 is 19.1 Å². The third-order valence-corrected chi connectivity index (χ3v) is 4.05. The van der Waals surface area contributed by atoms with Gasteiger partial charge in [-0.05, 0) is 48.5 Å². The van der Waals surface area contributed by atoms with Crippen LogP contribution in [0.3, 0.4) is 0 Å². The van der Waals surface area contributed by atoms with E-state index in [1.54, 1.807) is 60.7 Å². The number of nitrogens with one attached hydrogen (secondary N) is 2. The Kier molecular flexibility index (Phi) is 6.37. The fourth-order valence-electron chi connectivity index (χ4n) is 2.67. The van der Waals surface area contributed by atoms with Crippen LogP contribution in [0.1, 0.15) is 27.6 Å². The molecule has 0 radical (unpaired) electrons. The maximum atomic E-state index is 12.6. The number of ether oxygens (including phenoxy) is 1. The highest BCUT2D eigenvalue weighted by Crippen LogP contribution is 2.20. The number of rotatable bonds is 7. The van der Waals surface area contributed by atoms with Gasteiger partial charge in [-0.25, -0.2) is 0 Å². The van der Waals surface area contributed by atoms with E-state index in [9.17, 15) is 14.4 Å². The Morgan fingerprint density at radius 2 is 1.38 bits per heavy atom. The molecule has 3 aromatic carbocycles. The second-order valence-electron chi connectivity index (χ2n) is 6.29. The van der Waals surface area contributed by atoms with Gasteiger partial charge in [0.1, 0.15) is 5.75 Å². The van der Waals surface area contributed by atoms with Gasteiger partial charge in [-0.3, -0.25) is 14.4 Å². The van der Waals surface area contributed by atoms with Crippen molar-refractivity contribution in [1.29, 1.82) is 0 Å². The Balaban J connectivity index is 1.65. The Morgan fingerprint density at radius 1 is 0.759 bits per heavy atom. The monoisotopic (exact) mass is 388 g/mol. The van der Waals surface area contributed by atoms with Crippen molar-refractivity contribution in [3.05, 3.63) is 90.0 Å². The molecule has 0 unspecified atom stereocenters. The lowest BCUT2D eigenvalue weighted by Gasteiger charge is -2.11. The summed E-state index contributed by atoms with van der Waals surface area (Å²) in [7, 11) is 0. The van der Waals surface area contributed by atoms with Gasteiger partial charge in [-0.2, -0.15) is 0 Å². The summed E-state index contributed by atoms with van der Waals surface area (Å²) in [5, 5.41) is 5.44. The third-order valence-electron chi connectivity index (χ3n) is 4.05. The number of hydrogen-bond acceptors (Lipinski definition) is 4. The van der Waals surface area contributed by atoms with Crippen LogP contribution in [-0.2, 0) is 4.79 Å². The van der Waals surface area contributed by atoms with Crippen LogP contribution in [0.4, 0.5) is 11.4 Å². The number of carbonyl (C=O) groups excluding carboxylic acids is 3. The number of carbonyl (C=O) groups is 3. The van der Waals surface area contributed by atoms with Gasteiger partial charge in [0.15, 0.2) is 12.4 Å². The van der Waals surface area contributed by atoms with Gasteiger partial charge in [-0.15, -0.1) is 0 Å². The molecule has 3 rings (SSSR count). The van der Waals surface area contributed by atoms with E-state index in [0.29, 0.717) is 28.3 Å². The standard InChI is InChI=1S/C23H20N2O4/c1-16(26)24-19-13-11-17(12-14-19)21(27)15-29-22-10-6-5-9-20(22)23(28)25-18-7-3-2-4-8-18/h2-14H,15H2,1H3,(H,24,26)(H,25,28). The minimum Gasteiger partial charge on any atom is -0.485 e. The summed E-state index contributed by atoms with van der Waals surface area (Å²) < 4.78 is 5.63. The van der Waals surface area contributed by atoms with Gasteiger partial charge in [0, 0.05) is 23.9 Å². The number of hydrogen-bond donors (Lipinski definition) is 2. The van der Waals surface area contributed by atoms with Crippen LogP contribution in [0.25, 0.3) is 0 Å². The molecule has 0 aliphatic rings. The molecular weight excluding hydrogens is 368 g/mol. The summed E-state index contributed by atoms with van der Waals surface area (Å²) in [6.07, 6.45) is 0. The highest BCUT2D eigenvalue weighted by atomic mass is 16.5. The van der Waals surface area contributed by atoms with Crippen molar-refractivity contribution in [2.24, 2.45) is 0 Å². The first kappa shape index (κ1) is 19.8. The lowest BCUT2D eigenvalue weighted by Crippen LogP contribution is -2.16. The third kappa shape index (κ3) is 5.52. The predicted octanol–water partition coefficient (Wildman–Crippen LogP) is 4.16. The average Bonchev–Trinajstić information content (AvgIpc) is 2.73. The van der Waals surface area contributed by atoms with Gasteiger partial charge in [0.2, 0.25) is 5.91 Å². The van der Waals surface area contributed by atoms with Crippen LogP contribution in [0.5, 0.6) is 5.75 Å². The number of amides is 2. The van der Waals surface area contributed by atoms with Crippen LogP contribution < -0.4 is 15.4 Å². The van der Waals surface area contributed by atoms with Gasteiger partial charge >= 0.3 is 0 Å². The van der Waals surface area contributed by atoms with Crippen LogP contribution in [0.2, 0.25) is 0 Å². The largest absolute Gasteiger partial charge is 0.485 e. The molecule has 0 aliphatic carbocycles. The van der Waals surface area contributed by atoms with E-state index in [1.165, 1.54) is 6.92 Å². The summed E-state index contributed by atoms with van der Waals surface area (Å²) in [6, 6.07) is 22.4. The molecule has 3 aromatic rings. The van der Waals surface area contributed by atoms with Gasteiger partial charge < -0.3 is 15.4 Å². The van der Waals surface area contributed by atoms with E-state index in [2.05, 4.69) is 10.6 Å². The number of ketones is 1. The number of benzene rings is 3. The minimum atomic E-state index is -0.320. The normalized spacial score (nSPS) is 10.1. The zero-order chi connectivity index (χ0) is 20.6. The van der Waals surface area contributed by atoms with Crippen molar-refractivity contribution >= 4 is 29.0 Å². The van der Waals surface area contributed by atoms with Gasteiger partial charge in [0.25, 0.3) is 5.91 Å². The molecule has 0 heterocycles. The van der Waals surface area contributed by atoms with E-state index >= 15 is 0 Å². The Bertz CT molecular complexity index is 1010. The smallest absolute Gasteiger partial charge is 0.259 e. The highest BCUT2D eigenvalue weighted by Gasteiger charge is 2.14. The molecule has 0 saturated carbocycles. The molecular formula is C23H20N2O4. The molecule has 0 aromatic heterocycles. The molecule has 29 heavy (non-hydrogen) atoms. The number of anilines is 2. The molecule has 2 amide bonds. The fraction of sp³-hybridized carbons (Fsp3) is 0.0870. The van der Waals surface area contributed by atoms with Crippen molar-refractivity contribution in [3.63, 3.8) is 0 Å². The van der Waals surface area contributed by atoms with Gasteiger partial charge in [-0.1, -0.05) is 30.3 Å². The summed E-state index contributed by atoms with van der Waals surface area (Å²) >= 11 is 0. The molecule has 0 atom stereocenters. The minimum absolute atomic E-state index is 0.183. The van der Waals surface area contributed by atoms with Crippen LogP contribution in [0.15, 0.2) is 78.9 Å². The predicted molar refractivity (Wildman–Crippen MR) is 111 cm³/mol. The quantitative estimate of drug-likeness (QED) is 0.595. The molecule has 0 bridgehead atoms. The Labute approximate surface area is 168 Å². The second kappa shape index (κ2) is 9.32. The number of para-hydroxylation sites is 2. The maximum absolute atomic E-state index is 12.6. The van der Waals surface area contributed by atoms with E-state index in [-0.39, 0.29) is 24.2 Å². The molecule has 0 aliphatic heterocycles. The summed E-state index contributed by atoms with van der Waals surface area (Å²) in [5.74, 6) is -0.418.